The predicted octanol–water partition coefficient (Wildman–Crippen LogP) is -2.19. The van der Waals surface area contributed by atoms with Crippen molar-refractivity contribution >= 4 is 23.7 Å². The van der Waals surface area contributed by atoms with Crippen molar-refractivity contribution in [1.29, 1.82) is 0 Å². The number of rotatable bonds is 6. The van der Waals surface area contributed by atoms with E-state index in [9.17, 15) is 27.6 Å². The summed E-state index contributed by atoms with van der Waals surface area (Å²) in [6.07, 6.45) is -5.01. The van der Waals surface area contributed by atoms with Gasteiger partial charge in [-0.15, -0.1) is 0 Å². The number of halogens is 3. The van der Waals surface area contributed by atoms with E-state index in [0.29, 0.717) is 0 Å². The van der Waals surface area contributed by atoms with Crippen molar-refractivity contribution in [3.05, 3.63) is 0 Å². The van der Waals surface area contributed by atoms with Crippen molar-refractivity contribution in [2.45, 2.75) is 25.1 Å². The first-order valence-corrected chi connectivity index (χ1v) is 5.29. The van der Waals surface area contributed by atoms with Crippen LogP contribution in [0.5, 0.6) is 0 Å². The molecule has 12 heteroatoms. The fourth-order valence-corrected chi connectivity index (χ4v) is 0.825. The second-order valence-corrected chi connectivity index (χ2v) is 3.53. The van der Waals surface area contributed by atoms with Gasteiger partial charge in [-0.1, -0.05) is 0 Å². The van der Waals surface area contributed by atoms with Gasteiger partial charge in [-0.05, 0) is 6.42 Å². The third-order valence-corrected chi connectivity index (χ3v) is 1.79. The zero-order valence-corrected chi connectivity index (χ0v) is 10.6. The number of primary amides is 2. The van der Waals surface area contributed by atoms with Gasteiger partial charge in [0.05, 0.1) is 6.54 Å². The third kappa shape index (κ3) is 12.4. The number of nitrogens with one attached hydrogen (secondary N) is 1. The Morgan fingerprint density at radius 3 is 1.81 bits per heavy atom. The highest BCUT2D eigenvalue weighted by molar-refractivity contribution is 5.87. The van der Waals surface area contributed by atoms with Gasteiger partial charge in [0.1, 0.15) is 6.04 Å². The molecule has 0 saturated carbocycles. The highest BCUT2D eigenvalue weighted by atomic mass is 19.4. The third-order valence-electron chi connectivity index (χ3n) is 1.79. The van der Waals surface area contributed by atoms with Crippen LogP contribution in [0.3, 0.4) is 0 Å². The Bertz CT molecular complexity index is 399. The number of alkyl halides is 3. The van der Waals surface area contributed by atoms with Gasteiger partial charge in [0.25, 0.3) is 0 Å². The van der Waals surface area contributed by atoms with Crippen molar-refractivity contribution in [1.82, 2.24) is 5.32 Å². The maximum absolute atomic E-state index is 10.8. The molecule has 0 aliphatic heterocycles. The maximum Gasteiger partial charge on any atom is 0.490 e. The summed E-state index contributed by atoms with van der Waals surface area (Å²) in [5.41, 5.74) is 14.9. The molecule has 3 amide bonds. The average Bonchev–Trinajstić information content (AvgIpc) is 2.32. The van der Waals surface area contributed by atoms with Crippen LogP contribution in [0.15, 0.2) is 0 Å². The molecule has 0 fully saturated rings. The molecule has 1 unspecified atom stereocenters. The molecular formula is C9H15F3N4O5. The molecule has 0 aliphatic rings. The predicted molar refractivity (Wildman–Crippen MR) is 62.3 cm³/mol. The number of carboxylic acids is 1. The van der Waals surface area contributed by atoms with Crippen LogP contribution in [0, 0.1) is 0 Å². The van der Waals surface area contributed by atoms with Gasteiger partial charge >= 0.3 is 12.1 Å². The first-order valence-electron chi connectivity index (χ1n) is 5.29. The van der Waals surface area contributed by atoms with Gasteiger partial charge in [0.2, 0.25) is 17.7 Å². The number of hydrogen-bond acceptors (Lipinski definition) is 5. The van der Waals surface area contributed by atoms with Crippen molar-refractivity contribution < 1.29 is 37.5 Å². The van der Waals surface area contributed by atoms with Crippen LogP contribution in [0.1, 0.15) is 12.8 Å². The number of carbonyl (C=O) groups excluding carboxylic acids is 3. The molecule has 21 heavy (non-hydrogen) atoms. The lowest BCUT2D eigenvalue weighted by molar-refractivity contribution is -0.192. The summed E-state index contributed by atoms with van der Waals surface area (Å²) in [4.78, 5) is 40.9. The number of carboxylic acid groups (broad SMARTS) is 1. The molecule has 8 N–H and O–H groups in total. The van der Waals surface area contributed by atoms with Gasteiger partial charge in [0.15, 0.2) is 0 Å². The van der Waals surface area contributed by atoms with Crippen LogP contribution in [0.2, 0.25) is 0 Å². The number of aliphatic carboxylic acids is 1. The Morgan fingerprint density at radius 1 is 1.14 bits per heavy atom. The van der Waals surface area contributed by atoms with Crippen molar-refractivity contribution in [2.75, 3.05) is 6.54 Å². The zero-order valence-electron chi connectivity index (χ0n) is 10.6. The standard InChI is InChI=1S/C7H14N4O3.C2HF3O2/c8-3-6(13)11-4(7(10)14)1-2-5(9)12;3-2(4,5)1(6)7/h4H,1-3,8H2,(H2,9,12)(H2,10,14)(H,11,13);(H,6,7). The SMILES string of the molecule is NCC(=O)NC(CCC(N)=O)C(N)=O.O=C(O)C(F)(F)F. The molecule has 9 nitrogen and oxygen atoms in total. The van der Waals surface area contributed by atoms with Crippen LogP contribution >= 0.6 is 0 Å². The number of carbonyl (C=O) groups is 4. The summed E-state index contributed by atoms with van der Waals surface area (Å²) in [5, 5.41) is 9.40. The molecule has 0 aromatic heterocycles. The largest absolute Gasteiger partial charge is 0.490 e. The van der Waals surface area contributed by atoms with Gasteiger partial charge < -0.3 is 27.6 Å². The Balaban J connectivity index is 0. The highest BCUT2D eigenvalue weighted by Crippen LogP contribution is 2.13. The summed E-state index contributed by atoms with van der Waals surface area (Å²) < 4.78 is 31.7. The Kier molecular flexibility index (Phi) is 9.49. The molecule has 0 aromatic carbocycles. The van der Waals surface area contributed by atoms with E-state index in [-0.39, 0.29) is 19.4 Å². The van der Waals surface area contributed by atoms with E-state index in [4.69, 9.17) is 27.1 Å². The second kappa shape index (κ2) is 9.52. The van der Waals surface area contributed by atoms with Crippen LogP contribution in [-0.4, -0.2) is 47.6 Å². The fourth-order valence-electron chi connectivity index (χ4n) is 0.825. The normalized spacial score (nSPS) is 11.6. The van der Waals surface area contributed by atoms with Crippen molar-refractivity contribution in [3.8, 4) is 0 Å². The Labute approximate surface area is 116 Å². The zero-order chi connectivity index (χ0) is 17.2. The fraction of sp³-hybridized carbons (Fsp3) is 0.556. The van der Waals surface area contributed by atoms with Crippen molar-refractivity contribution in [3.63, 3.8) is 0 Å². The van der Waals surface area contributed by atoms with E-state index < -0.39 is 35.9 Å². The summed E-state index contributed by atoms with van der Waals surface area (Å²) in [6.45, 7) is -0.236. The summed E-state index contributed by atoms with van der Waals surface area (Å²) in [7, 11) is 0. The van der Waals surface area contributed by atoms with E-state index in [0.717, 1.165) is 0 Å². The monoisotopic (exact) mass is 316 g/mol. The molecule has 0 aliphatic carbocycles. The van der Waals surface area contributed by atoms with Crippen LogP contribution in [-0.2, 0) is 19.2 Å². The Hall–Kier alpha value is -2.37. The summed E-state index contributed by atoms with van der Waals surface area (Å²) >= 11 is 0. The molecule has 1 atom stereocenters. The minimum absolute atomic E-state index is 0.0154. The maximum atomic E-state index is 10.8. The second-order valence-electron chi connectivity index (χ2n) is 3.53. The lowest BCUT2D eigenvalue weighted by atomic mass is 10.1. The van der Waals surface area contributed by atoms with Gasteiger partial charge in [-0.2, -0.15) is 13.2 Å². The van der Waals surface area contributed by atoms with E-state index in [2.05, 4.69) is 5.32 Å². The highest BCUT2D eigenvalue weighted by Gasteiger charge is 2.38. The van der Waals surface area contributed by atoms with Crippen LogP contribution < -0.4 is 22.5 Å². The van der Waals surface area contributed by atoms with Gasteiger partial charge in [-0.25, -0.2) is 4.79 Å². The quantitative estimate of drug-likeness (QED) is 0.371. The molecule has 0 aromatic rings. The Morgan fingerprint density at radius 2 is 1.57 bits per heavy atom. The molecule has 0 heterocycles. The van der Waals surface area contributed by atoms with E-state index in [1.165, 1.54) is 0 Å². The van der Waals surface area contributed by atoms with Gasteiger partial charge in [0, 0.05) is 6.42 Å². The molecule has 0 spiro atoms. The average molecular weight is 316 g/mol. The minimum atomic E-state index is -5.08. The first-order chi connectivity index (χ1) is 9.41. The molecule has 0 bridgehead atoms. The smallest absolute Gasteiger partial charge is 0.475 e. The van der Waals surface area contributed by atoms with E-state index >= 15 is 0 Å². The molecule has 0 saturated heterocycles. The number of amides is 3. The molecule has 0 rings (SSSR count). The summed E-state index contributed by atoms with van der Waals surface area (Å²) in [5.74, 6) is -4.53. The van der Waals surface area contributed by atoms with Crippen LogP contribution in [0.4, 0.5) is 13.2 Å². The number of hydrogen-bond donors (Lipinski definition) is 5. The molecule has 0 radical (unpaired) electrons. The topological polar surface area (TPSA) is 179 Å². The number of nitrogens with two attached hydrogens (primary N) is 3. The van der Waals surface area contributed by atoms with Crippen molar-refractivity contribution in [2.24, 2.45) is 17.2 Å². The van der Waals surface area contributed by atoms with Gasteiger partial charge in [-0.3, -0.25) is 14.4 Å². The lowest BCUT2D eigenvalue weighted by Gasteiger charge is -2.13. The molecular weight excluding hydrogens is 301 g/mol. The van der Waals surface area contributed by atoms with Crippen LogP contribution in [0.25, 0.3) is 0 Å². The molecule has 122 valence electrons. The summed E-state index contributed by atoms with van der Waals surface area (Å²) in [6, 6.07) is -0.890. The van der Waals surface area contributed by atoms with E-state index in [1.807, 2.05) is 0 Å². The first kappa shape index (κ1) is 20.9. The lowest BCUT2D eigenvalue weighted by Crippen LogP contribution is -2.46. The minimum Gasteiger partial charge on any atom is -0.475 e. The van der Waals surface area contributed by atoms with E-state index in [1.54, 1.807) is 0 Å².